The SMILES string of the molecule is CC(C)C(O)(CCc1ccc(NC(=O)OC(C)(C)C)cc1)CC(=O)O. The number of hydrogen-bond acceptors (Lipinski definition) is 4. The first kappa shape index (κ1) is 21.0. The Kier molecular flexibility index (Phi) is 6.99. The number of carboxylic acid groups (broad SMARTS) is 1. The summed E-state index contributed by atoms with van der Waals surface area (Å²) >= 11 is 0. The van der Waals surface area contributed by atoms with E-state index >= 15 is 0 Å². The predicted molar refractivity (Wildman–Crippen MR) is 96.7 cm³/mol. The van der Waals surface area contributed by atoms with Crippen LogP contribution in [0, 0.1) is 5.92 Å². The first-order chi connectivity index (χ1) is 11.4. The van der Waals surface area contributed by atoms with Crippen molar-refractivity contribution in [3.05, 3.63) is 29.8 Å². The van der Waals surface area contributed by atoms with Crippen molar-refractivity contribution in [2.24, 2.45) is 5.92 Å². The Morgan fingerprint density at radius 3 is 2.16 bits per heavy atom. The third-order valence-electron chi connectivity index (χ3n) is 3.98. The summed E-state index contributed by atoms with van der Waals surface area (Å²) in [6.45, 7) is 9.02. The largest absolute Gasteiger partial charge is 0.481 e. The topological polar surface area (TPSA) is 95.9 Å². The van der Waals surface area contributed by atoms with E-state index in [-0.39, 0.29) is 12.3 Å². The van der Waals surface area contributed by atoms with E-state index in [1.165, 1.54) is 0 Å². The summed E-state index contributed by atoms with van der Waals surface area (Å²) in [5.74, 6) is -1.16. The summed E-state index contributed by atoms with van der Waals surface area (Å²) in [4.78, 5) is 22.7. The van der Waals surface area contributed by atoms with E-state index < -0.39 is 23.3 Å². The van der Waals surface area contributed by atoms with Crippen molar-refractivity contribution in [2.75, 3.05) is 5.32 Å². The van der Waals surface area contributed by atoms with Crippen LogP contribution in [0.15, 0.2) is 24.3 Å². The summed E-state index contributed by atoms with van der Waals surface area (Å²) < 4.78 is 5.19. The van der Waals surface area contributed by atoms with Crippen molar-refractivity contribution < 1.29 is 24.5 Å². The van der Waals surface area contributed by atoms with Gasteiger partial charge in [0.1, 0.15) is 5.60 Å². The minimum Gasteiger partial charge on any atom is -0.481 e. The van der Waals surface area contributed by atoms with Crippen LogP contribution >= 0.6 is 0 Å². The molecule has 6 nitrogen and oxygen atoms in total. The maximum atomic E-state index is 11.7. The molecule has 3 N–H and O–H groups in total. The number of hydrogen-bond donors (Lipinski definition) is 3. The number of carbonyl (C=O) groups is 2. The van der Waals surface area contributed by atoms with Crippen LogP contribution in [0.3, 0.4) is 0 Å². The summed E-state index contributed by atoms with van der Waals surface area (Å²) in [5.41, 5.74) is -0.226. The lowest BCUT2D eigenvalue weighted by Crippen LogP contribution is -2.38. The molecule has 140 valence electrons. The molecule has 1 amide bonds. The monoisotopic (exact) mass is 351 g/mol. The summed E-state index contributed by atoms with van der Waals surface area (Å²) in [6, 6.07) is 7.19. The number of rotatable bonds is 7. The summed E-state index contributed by atoms with van der Waals surface area (Å²) in [6.07, 6.45) is 0.115. The van der Waals surface area contributed by atoms with Gasteiger partial charge in [0.15, 0.2) is 0 Å². The van der Waals surface area contributed by atoms with Gasteiger partial charge in [0.25, 0.3) is 0 Å². The van der Waals surface area contributed by atoms with Crippen molar-refractivity contribution in [3.8, 4) is 0 Å². The van der Waals surface area contributed by atoms with Crippen molar-refractivity contribution in [1.82, 2.24) is 0 Å². The maximum absolute atomic E-state index is 11.7. The Morgan fingerprint density at radius 1 is 1.16 bits per heavy atom. The van der Waals surface area contributed by atoms with Gasteiger partial charge < -0.3 is 14.9 Å². The fourth-order valence-corrected chi connectivity index (χ4v) is 2.38. The van der Waals surface area contributed by atoms with E-state index in [1.54, 1.807) is 32.9 Å². The molecule has 0 aliphatic heterocycles. The van der Waals surface area contributed by atoms with Crippen molar-refractivity contribution in [2.45, 2.75) is 65.1 Å². The molecule has 0 fully saturated rings. The molecule has 0 radical (unpaired) electrons. The number of aryl methyl sites for hydroxylation is 1. The molecule has 0 aliphatic carbocycles. The zero-order chi connectivity index (χ0) is 19.3. The average Bonchev–Trinajstić information content (AvgIpc) is 2.43. The number of aliphatic hydroxyl groups is 1. The standard InChI is InChI=1S/C19H29NO5/c1-13(2)19(24,12-16(21)22)11-10-14-6-8-15(9-7-14)20-17(23)25-18(3,4)5/h6-9,13,24H,10-12H2,1-5H3,(H,20,23)(H,21,22). The van der Waals surface area contributed by atoms with Gasteiger partial charge in [-0.25, -0.2) is 4.79 Å². The minimum absolute atomic E-state index is 0.156. The normalized spacial score (nSPS) is 14.0. The molecule has 1 unspecified atom stereocenters. The Bertz CT molecular complexity index is 589. The first-order valence-electron chi connectivity index (χ1n) is 8.44. The van der Waals surface area contributed by atoms with Gasteiger partial charge in [-0.3, -0.25) is 10.1 Å². The van der Waals surface area contributed by atoms with Gasteiger partial charge in [-0.1, -0.05) is 26.0 Å². The molecule has 6 heteroatoms. The molecule has 0 saturated carbocycles. The molecular weight excluding hydrogens is 322 g/mol. The molecule has 0 bridgehead atoms. The Labute approximate surface area is 149 Å². The maximum Gasteiger partial charge on any atom is 0.412 e. The minimum atomic E-state index is -1.24. The number of aliphatic carboxylic acids is 1. The Morgan fingerprint density at radius 2 is 1.72 bits per heavy atom. The summed E-state index contributed by atoms with van der Waals surface area (Å²) in [5, 5.41) is 22.2. The van der Waals surface area contributed by atoms with E-state index in [2.05, 4.69) is 5.32 Å². The molecule has 1 aromatic rings. The third kappa shape index (κ3) is 7.56. The number of ether oxygens (including phenoxy) is 1. The summed E-state index contributed by atoms with van der Waals surface area (Å²) in [7, 11) is 0. The lowest BCUT2D eigenvalue weighted by molar-refractivity contribution is -0.145. The van der Waals surface area contributed by atoms with E-state index in [1.807, 2.05) is 26.0 Å². The second-order valence-electron chi connectivity index (χ2n) is 7.65. The molecule has 0 aliphatic rings. The highest BCUT2D eigenvalue weighted by Gasteiger charge is 2.33. The van der Waals surface area contributed by atoms with Crippen molar-refractivity contribution >= 4 is 17.7 Å². The van der Waals surface area contributed by atoms with Crippen LogP contribution in [-0.4, -0.2) is 33.5 Å². The number of anilines is 1. The van der Waals surface area contributed by atoms with Crippen LogP contribution < -0.4 is 5.32 Å². The van der Waals surface area contributed by atoms with Gasteiger partial charge >= 0.3 is 12.1 Å². The van der Waals surface area contributed by atoms with Crippen LogP contribution in [0.4, 0.5) is 10.5 Å². The zero-order valence-electron chi connectivity index (χ0n) is 15.6. The molecule has 0 saturated heterocycles. The van der Waals surface area contributed by atoms with Crippen LogP contribution in [0.1, 0.15) is 53.0 Å². The van der Waals surface area contributed by atoms with Crippen LogP contribution in [0.25, 0.3) is 0 Å². The fourth-order valence-electron chi connectivity index (χ4n) is 2.38. The third-order valence-corrected chi connectivity index (χ3v) is 3.98. The highest BCUT2D eigenvalue weighted by Crippen LogP contribution is 2.27. The number of amides is 1. The second-order valence-corrected chi connectivity index (χ2v) is 7.65. The average molecular weight is 351 g/mol. The number of carboxylic acids is 1. The Balaban J connectivity index is 2.64. The van der Waals surface area contributed by atoms with Gasteiger partial charge in [0.2, 0.25) is 0 Å². The van der Waals surface area contributed by atoms with Crippen molar-refractivity contribution in [1.29, 1.82) is 0 Å². The highest BCUT2D eigenvalue weighted by molar-refractivity contribution is 5.84. The zero-order valence-corrected chi connectivity index (χ0v) is 15.6. The molecule has 0 heterocycles. The highest BCUT2D eigenvalue weighted by atomic mass is 16.6. The quantitative estimate of drug-likeness (QED) is 0.694. The van der Waals surface area contributed by atoms with Crippen LogP contribution in [0.2, 0.25) is 0 Å². The molecule has 1 rings (SSSR count). The van der Waals surface area contributed by atoms with E-state index in [0.717, 1.165) is 5.56 Å². The van der Waals surface area contributed by atoms with E-state index in [4.69, 9.17) is 9.84 Å². The van der Waals surface area contributed by atoms with Gasteiger partial charge in [-0.05, 0) is 57.2 Å². The molecule has 1 atom stereocenters. The Hall–Kier alpha value is -2.08. The van der Waals surface area contributed by atoms with Gasteiger partial charge in [0, 0.05) is 5.69 Å². The van der Waals surface area contributed by atoms with E-state index in [9.17, 15) is 14.7 Å². The molecule has 0 spiro atoms. The number of nitrogens with one attached hydrogen (secondary N) is 1. The van der Waals surface area contributed by atoms with Gasteiger partial charge in [0.05, 0.1) is 12.0 Å². The molecule has 25 heavy (non-hydrogen) atoms. The molecule has 0 aromatic heterocycles. The van der Waals surface area contributed by atoms with Crippen LogP contribution in [0.5, 0.6) is 0 Å². The number of carbonyl (C=O) groups excluding carboxylic acids is 1. The lowest BCUT2D eigenvalue weighted by Gasteiger charge is -2.30. The molecule has 1 aromatic carbocycles. The molecular formula is C19H29NO5. The smallest absolute Gasteiger partial charge is 0.412 e. The number of benzene rings is 1. The second kappa shape index (κ2) is 8.34. The lowest BCUT2D eigenvalue weighted by atomic mass is 9.82. The van der Waals surface area contributed by atoms with Gasteiger partial charge in [-0.2, -0.15) is 0 Å². The van der Waals surface area contributed by atoms with Crippen molar-refractivity contribution in [3.63, 3.8) is 0 Å². The fraction of sp³-hybridized carbons (Fsp3) is 0.579. The van der Waals surface area contributed by atoms with Crippen LogP contribution in [-0.2, 0) is 16.0 Å². The predicted octanol–water partition coefficient (Wildman–Crippen LogP) is 3.83. The van der Waals surface area contributed by atoms with E-state index in [0.29, 0.717) is 18.5 Å². The first-order valence-corrected chi connectivity index (χ1v) is 8.44. The van der Waals surface area contributed by atoms with Gasteiger partial charge in [-0.15, -0.1) is 0 Å².